The van der Waals surface area contributed by atoms with Gasteiger partial charge in [0, 0.05) is 16.5 Å². The molecule has 0 amide bonds. The molecule has 0 radical (unpaired) electrons. The number of carbonyl (C=O) groups is 1. The number of allylic oxidation sites excluding steroid dienone is 4. The lowest BCUT2D eigenvalue weighted by atomic mass is 9.91. The van der Waals surface area contributed by atoms with E-state index < -0.39 is 0 Å². The maximum absolute atomic E-state index is 11.0. The van der Waals surface area contributed by atoms with E-state index >= 15 is 0 Å². The lowest BCUT2D eigenvalue weighted by Gasteiger charge is -2.13. The molecule has 2 rings (SSSR count). The molecule has 0 heterocycles. The Kier molecular flexibility index (Phi) is 2.97. The number of carbonyl (C=O) groups excluding carboxylic acids is 1. The molecule has 0 aromatic heterocycles. The average Bonchev–Trinajstić information content (AvgIpc) is 2.57. The van der Waals surface area contributed by atoms with Crippen molar-refractivity contribution < 1.29 is 4.79 Å². The van der Waals surface area contributed by atoms with Gasteiger partial charge in [0.25, 0.3) is 0 Å². The Hall–Kier alpha value is -1.34. The number of aldehydes is 1. The van der Waals surface area contributed by atoms with Crippen LogP contribution in [0.2, 0.25) is 5.02 Å². The Morgan fingerprint density at radius 1 is 1.31 bits per heavy atom. The van der Waals surface area contributed by atoms with Crippen molar-refractivity contribution in [2.45, 2.75) is 19.8 Å². The van der Waals surface area contributed by atoms with Gasteiger partial charge in [-0.05, 0) is 31.5 Å². The summed E-state index contributed by atoms with van der Waals surface area (Å²) in [6.45, 7) is 4.15. The molecule has 1 unspecified atom stereocenters. The van der Waals surface area contributed by atoms with Crippen LogP contribution in [0.1, 0.15) is 35.7 Å². The highest BCUT2D eigenvalue weighted by Crippen LogP contribution is 2.34. The normalized spacial score (nSPS) is 19.3. The van der Waals surface area contributed by atoms with E-state index in [0.717, 1.165) is 11.8 Å². The molecular weight excluding hydrogens is 220 g/mol. The fourth-order valence-corrected chi connectivity index (χ4v) is 2.34. The van der Waals surface area contributed by atoms with Gasteiger partial charge in [-0.3, -0.25) is 4.79 Å². The Labute approximate surface area is 100 Å². The second-order valence-corrected chi connectivity index (χ2v) is 4.60. The van der Waals surface area contributed by atoms with Crippen molar-refractivity contribution in [3.63, 3.8) is 0 Å². The molecule has 1 aromatic rings. The third-order valence-corrected chi connectivity index (χ3v) is 3.12. The van der Waals surface area contributed by atoms with Crippen LogP contribution in [-0.2, 0) is 0 Å². The van der Waals surface area contributed by atoms with Gasteiger partial charge in [-0.25, -0.2) is 0 Å². The van der Waals surface area contributed by atoms with Gasteiger partial charge >= 0.3 is 0 Å². The summed E-state index contributed by atoms with van der Waals surface area (Å²) in [5.74, 6) is 0.220. The Balaban J connectivity index is 2.49. The van der Waals surface area contributed by atoms with Gasteiger partial charge in [0.1, 0.15) is 6.29 Å². The van der Waals surface area contributed by atoms with Crippen LogP contribution in [0, 0.1) is 0 Å². The van der Waals surface area contributed by atoms with E-state index in [0.29, 0.717) is 10.6 Å². The predicted octanol–water partition coefficient (Wildman–Crippen LogP) is 4.14. The second kappa shape index (κ2) is 4.26. The Morgan fingerprint density at radius 3 is 2.62 bits per heavy atom. The van der Waals surface area contributed by atoms with Crippen LogP contribution in [0.4, 0.5) is 0 Å². The summed E-state index contributed by atoms with van der Waals surface area (Å²) in [6, 6.07) is 5.49. The molecule has 1 nitrogen and oxygen atoms in total. The van der Waals surface area contributed by atoms with Gasteiger partial charge < -0.3 is 0 Å². The van der Waals surface area contributed by atoms with Crippen molar-refractivity contribution >= 4 is 17.9 Å². The van der Waals surface area contributed by atoms with Crippen LogP contribution in [0.25, 0.3) is 0 Å². The molecule has 0 aliphatic heterocycles. The highest BCUT2D eigenvalue weighted by atomic mass is 35.5. The molecule has 82 valence electrons. The molecular formula is C14H13ClO. The van der Waals surface area contributed by atoms with Crippen molar-refractivity contribution in [1.82, 2.24) is 0 Å². The average molecular weight is 233 g/mol. The van der Waals surface area contributed by atoms with Crippen molar-refractivity contribution in [2.75, 3.05) is 0 Å². The highest BCUT2D eigenvalue weighted by Gasteiger charge is 2.18. The minimum absolute atomic E-state index is 0.220. The molecule has 0 saturated heterocycles. The molecule has 0 fully saturated rings. The van der Waals surface area contributed by atoms with Crippen LogP contribution in [0.5, 0.6) is 0 Å². The standard InChI is InChI=1S/C14H13ClO/c1-9-5-10(2)14(6-9)13-4-3-12(15)7-11(13)8-16/h3-8,14H,1-2H3. The van der Waals surface area contributed by atoms with E-state index in [2.05, 4.69) is 26.0 Å². The zero-order valence-corrected chi connectivity index (χ0v) is 10.1. The van der Waals surface area contributed by atoms with E-state index in [9.17, 15) is 4.79 Å². The molecule has 0 saturated carbocycles. The number of hydrogen-bond acceptors (Lipinski definition) is 1. The summed E-state index contributed by atoms with van der Waals surface area (Å²) in [7, 11) is 0. The van der Waals surface area contributed by atoms with Crippen LogP contribution in [0.15, 0.2) is 41.5 Å². The fourth-order valence-electron chi connectivity index (χ4n) is 2.16. The number of hydrogen-bond donors (Lipinski definition) is 0. The molecule has 0 N–H and O–H groups in total. The molecule has 1 aliphatic rings. The molecule has 1 aliphatic carbocycles. The first-order chi connectivity index (χ1) is 7.61. The highest BCUT2D eigenvalue weighted by molar-refractivity contribution is 6.30. The van der Waals surface area contributed by atoms with Gasteiger partial charge in [0.15, 0.2) is 0 Å². The summed E-state index contributed by atoms with van der Waals surface area (Å²) in [5, 5.41) is 0.603. The molecule has 1 atom stereocenters. The molecule has 0 spiro atoms. The quantitative estimate of drug-likeness (QED) is 0.701. The van der Waals surface area contributed by atoms with Crippen molar-refractivity contribution in [2.24, 2.45) is 0 Å². The lowest BCUT2D eigenvalue weighted by Crippen LogP contribution is -1.99. The lowest BCUT2D eigenvalue weighted by molar-refractivity contribution is 0.112. The number of benzene rings is 1. The zero-order chi connectivity index (χ0) is 11.7. The third-order valence-electron chi connectivity index (χ3n) is 2.89. The maximum Gasteiger partial charge on any atom is 0.150 e. The summed E-state index contributed by atoms with van der Waals surface area (Å²) in [5.41, 5.74) is 4.22. The number of halogens is 1. The molecule has 2 heteroatoms. The Bertz CT molecular complexity index is 497. The van der Waals surface area contributed by atoms with Crippen molar-refractivity contribution in [3.05, 3.63) is 57.6 Å². The molecule has 0 bridgehead atoms. The van der Waals surface area contributed by atoms with Gasteiger partial charge in [-0.2, -0.15) is 0 Å². The van der Waals surface area contributed by atoms with E-state index in [1.54, 1.807) is 6.07 Å². The first-order valence-corrected chi connectivity index (χ1v) is 5.61. The smallest absolute Gasteiger partial charge is 0.150 e. The number of rotatable bonds is 2. The van der Waals surface area contributed by atoms with Crippen molar-refractivity contribution in [1.29, 1.82) is 0 Å². The van der Waals surface area contributed by atoms with E-state index in [-0.39, 0.29) is 5.92 Å². The summed E-state index contributed by atoms with van der Waals surface area (Å²) < 4.78 is 0. The fraction of sp³-hybridized carbons (Fsp3) is 0.214. The largest absolute Gasteiger partial charge is 0.298 e. The minimum Gasteiger partial charge on any atom is -0.298 e. The zero-order valence-electron chi connectivity index (χ0n) is 9.33. The van der Waals surface area contributed by atoms with Gasteiger partial charge in [0.2, 0.25) is 0 Å². The topological polar surface area (TPSA) is 17.1 Å². The molecule has 1 aromatic carbocycles. The van der Waals surface area contributed by atoms with Gasteiger partial charge in [0.05, 0.1) is 0 Å². The first-order valence-electron chi connectivity index (χ1n) is 5.23. The van der Waals surface area contributed by atoms with Crippen LogP contribution >= 0.6 is 11.6 Å². The summed E-state index contributed by atoms with van der Waals surface area (Å²) in [4.78, 5) is 11.0. The summed E-state index contributed by atoms with van der Waals surface area (Å²) in [6.07, 6.45) is 5.19. The van der Waals surface area contributed by atoms with Gasteiger partial charge in [-0.1, -0.05) is 41.0 Å². The van der Waals surface area contributed by atoms with Crippen LogP contribution in [0.3, 0.4) is 0 Å². The van der Waals surface area contributed by atoms with E-state index in [1.165, 1.54) is 11.1 Å². The van der Waals surface area contributed by atoms with Crippen LogP contribution < -0.4 is 0 Å². The SMILES string of the molecule is CC1=CC(c2ccc(Cl)cc2C=O)C(C)=C1. The van der Waals surface area contributed by atoms with Crippen LogP contribution in [-0.4, -0.2) is 6.29 Å². The monoisotopic (exact) mass is 232 g/mol. The minimum atomic E-state index is 0.220. The van der Waals surface area contributed by atoms with E-state index in [4.69, 9.17) is 11.6 Å². The Morgan fingerprint density at radius 2 is 2.06 bits per heavy atom. The molecule has 16 heavy (non-hydrogen) atoms. The first kappa shape index (κ1) is 11.2. The van der Waals surface area contributed by atoms with Crippen molar-refractivity contribution in [3.8, 4) is 0 Å². The predicted molar refractivity (Wildman–Crippen MR) is 67.1 cm³/mol. The third kappa shape index (κ3) is 1.96. The van der Waals surface area contributed by atoms with Gasteiger partial charge in [-0.15, -0.1) is 0 Å². The van der Waals surface area contributed by atoms with E-state index in [1.807, 2.05) is 12.1 Å². The summed E-state index contributed by atoms with van der Waals surface area (Å²) >= 11 is 5.88. The maximum atomic E-state index is 11.0. The second-order valence-electron chi connectivity index (χ2n) is 4.17.